The van der Waals surface area contributed by atoms with E-state index >= 15 is 0 Å². The highest BCUT2D eigenvalue weighted by Crippen LogP contribution is 2.61. The van der Waals surface area contributed by atoms with Gasteiger partial charge in [0.2, 0.25) is 0 Å². The van der Waals surface area contributed by atoms with Crippen molar-refractivity contribution in [1.82, 2.24) is 0 Å². The predicted octanol–water partition coefficient (Wildman–Crippen LogP) is 1.96. The van der Waals surface area contributed by atoms with Gasteiger partial charge in [-0.2, -0.15) is 0 Å². The van der Waals surface area contributed by atoms with Crippen LogP contribution in [0.4, 0.5) is 0 Å². The molecule has 1 aliphatic heterocycles. The Kier molecular flexibility index (Phi) is 4.86. The fourth-order valence-corrected chi connectivity index (χ4v) is 5.56. The highest BCUT2D eigenvalue weighted by Gasteiger charge is 2.57. The molecule has 0 aromatic carbocycles. The molecule has 3 fully saturated rings. The summed E-state index contributed by atoms with van der Waals surface area (Å²) in [7, 11) is 0. The van der Waals surface area contributed by atoms with E-state index < -0.39 is 23.6 Å². The van der Waals surface area contributed by atoms with Crippen molar-refractivity contribution in [2.24, 2.45) is 22.7 Å². The lowest BCUT2D eigenvalue weighted by molar-refractivity contribution is -0.151. The van der Waals surface area contributed by atoms with Crippen LogP contribution >= 0.6 is 0 Å². The van der Waals surface area contributed by atoms with Crippen LogP contribution in [0, 0.1) is 22.7 Å². The number of carbonyl (C=O) groups is 1. The zero-order chi connectivity index (χ0) is 18.4. The molecule has 1 saturated heterocycles. The van der Waals surface area contributed by atoms with Crippen molar-refractivity contribution in [2.45, 2.75) is 58.2 Å². The molecule has 2 aliphatic carbocycles. The number of hydrogen-bond acceptors (Lipinski definition) is 5. The molecule has 5 nitrogen and oxygen atoms in total. The van der Waals surface area contributed by atoms with E-state index in [1.165, 1.54) is 0 Å². The molecule has 3 N–H and O–H groups in total. The van der Waals surface area contributed by atoms with Gasteiger partial charge in [-0.1, -0.05) is 32.1 Å². The topological polar surface area (TPSA) is 87.0 Å². The summed E-state index contributed by atoms with van der Waals surface area (Å²) in [5.41, 5.74) is 0.911. The number of carbonyl (C=O) groups excluding carboxylic acids is 1. The Hall–Kier alpha value is -1.17. The maximum absolute atomic E-state index is 11.8. The van der Waals surface area contributed by atoms with Crippen LogP contribution in [0.2, 0.25) is 0 Å². The highest BCUT2D eigenvalue weighted by atomic mass is 16.6. The van der Waals surface area contributed by atoms with Crippen molar-refractivity contribution in [3.63, 3.8) is 0 Å². The van der Waals surface area contributed by atoms with Crippen LogP contribution in [0.3, 0.4) is 0 Å². The summed E-state index contributed by atoms with van der Waals surface area (Å²) in [6.07, 6.45) is 4.42. The van der Waals surface area contributed by atoms with Gasteiger partial charge < -0.3 is 20.1 Å². The first-order valence-electron chi connectivity index (χ1n) is 9.26. The van der Waals surface area contributed by atoms with Crippen molar-refractivity contribution in [3.05, 3.63) is 23.8 Å². The van der Waals surface area contributed by atoms with E-state index in [1.54, 1.807) is 0 Å². The summed E-state index contributed by atoms with van der Waals surface area (Å²) in [5.74, 6) is -0.0734. The second-order valence-electron chi connectivity index (χ2n) is 8.54. The van der Waals surface area contributed by atoms with E-state index in [0.717, 1.165) is 24.8 Å². The quantitative estimate of drug-likeness (QED) is 0.411. The summed E-state index contributed by atoms with van der Waals surface area (Å²) in [6, 6.07) is 0. The number of esters is 1. The van der Waals surface area contributed by atoms with Crippen molar-refractivity contribution in [1.29, 1.82) is 0 Å². The van der Waals surface area contributed by atoms with Gasteiger partial charge in [0.25, 0.3) is 0 Å². The van der Waals surface area contributed by atoms with Crippen LogP contribution in [0.15, 0.2) is 23.8 Å². The van der Waals surface area contributed by atoms with Gasteiger partial charge in [-0.15, -0.1) is 0 Å². The van der Waals surface area contributed by atoms with Crippen molar-refractivity contribution in [3.8, 4) is 0 Å². The number of cyclic esters (lactones) is 1. The molecule has 0 unspecified atom stereocenters. The summed E-state index contributed by atoms with van der Waals surface area (Å²) in [5, 5.41) is 30.4. The molecule has 0 amide bonds. The van der Waals surface area contributed by atoms with E-state index in [0.29, 0.717) is 18.4 Å². The van der Waals surface area contributed by atoms with Crippen LogP contribution in [0.1, 0.15) is 46.0 Å². The minimum atomic E-state index is -0.844. The Bertz CT molecular complexity index is 597. The normalized spacial score (nSPS) is 46.2. The van der Waals surface area contributed by atoms with E-state index in [4.69, 9.17) is 4.74 Å². The van der Waals surface area contributed by atoms with Gasteiger partial charge in [-0.3, -0.25) is 0 Å². The molecule has 0 aromatic heterocycles. The number of aliphatic hydroxyl groups is 3. The molecule has 6 atom stereocenters. The molecule has 25 heavy (non-hydrogen) atoms. The first-order chi connectivity index (χ1) is 11.7. The Morgan fingerprint density at radius 1 is 1.32 bits per heavy atom. The Balaban J connectivity index is 1.89. The van der Waals surface area contributed by atoms with Crippen LogP contribution in [-0.2, 0) is 9.53 Å². The molecule has 0 bridgehead atoms. The Morgan fingerprint density at radius 3 is 2.64 bits per heavy atom. The van der Waals surface area contributed by atoms with Gasteiger partial charge >= 0.3 is 5.97 Å². The van der Waals surface area contributed by atoms with Gasteiger partial charge in [0.1, 0.15) is 12.7 Å². The average molecular weight is 350 g/mol. The van der Waals surface area contributed by atoms with E-state index in [1.807, 2.05) is 13.0 Å². The van der Waals surface area contributed by atoms with Gasteiger partial charge in [0, 0.05) is 5.41 Å². The summed E-state index contributed by atoms with van der Waals surface area (Å²) < 4.78 is 4.90. The third kappa shape index (κ3) is 2.86. The van der Waals surface area contributed by atoms with Gasteiger partial charge in [0.05, 0.1) is 18.3 Å². The van der Waals surface area contributed by atoms with E-state index in [2.05, 4.69) is 13.5 Å². The second kappa shape index (κ2) is 6.53. The summed E-state index contributed by atoms with van der Waals surface area (Å²) >= 11 is 0. The monoisotopic (exact) mass is 350 g/mol. The van der Waals surface area contributed by atoms with E-state index in [9.17, 15) is 20.1 Å². The van der Waals surface area contributed by atoms with Crippen LogP contribution < -0.4 is 0 Å². The molecule has 3 rings (SSSR count). The average Bonchev–Trinajstić information content (AvgIpc) is 2.89. The predicted molar refractivity (Wildman–Crippen MR) is 93.6 cm³/mol. The van der Waals surface area contributed by atoms with Crippen molar-refractivity contribution < 1.29 is 24.9 Å². The first kappa shape index (κ1) is 18.6. The molecule has 1 heterocycles. The molecular weight excluding hydrogens is 320 g/mol. The number of rotatable bonds is 3. The van der Waals surface area contributed by atoms with Gasteiger partial charge in [-0.05, 0) is 49.4 Å². The lowest BCUT2D eigenvalue weighted by Crippen LogP contribution is -2.57. The molecule has 2 saturated carbocycles. The third-order valence-electron chi connectivity index (χ3n) is 7.23. The SMILES string of the molecule is C=C1CC[C@@H]2[C@@](C)(CC[C@H](O)[C@]2(C)CO)[C@@H]1C/C=C1/C(=O)OC[C@H]1O. The third-order valence-corrected chi connectivity index (χ3v) is 7.23. The zero-order valence-electron chi connectivity index (χ0n) is 15.2. The second-order valence-corrected chi connectivity index (χ2v) is 8.54. The number of allylic oxidation sites excluding steroid dienone is 2. The number of hydrogen-bond donors (Lipinski definition) is 3. The lowest BCUT2D eigenvalue weighted by Gasteiger charge is -2.59. The summed E-state index contributed by atoms with van der Waals surface area (Å²) in [4.78, 5) is 11.8. The Labute approximate surface area is 149 Å². The molecule has 0 aromatic rings. The molecule has 3 aliphatic rings. The molecule has 5 heteroatoms. The fraction of sp³-hybridized carbons (Fsp3) is 0.750. The van der Waals surface area contributed by atoms with Crippen molar-refractivity contribution >= 4 is 5.97 Å². The maximum Gasteiger partial charge on any atom is 0.336 e. The van der Waals surface area contributed by atoms with Crippen LogP contribution in [-0.4, -0.2) is 46.7 Å². The van der Waals surface area contributed by atoms with Crippen LogP contribution in [0.25, 0.3) is 0 Å². The van der Waals surface area contributed by atoms with E-state index in [-0.39, 0.29) is 30.5 Å². The van der Waals surface area contributed by atoms with Crippen LogP contribution in [0.5, 0.6) is 0 Å². The minimum absolute atomic E-state index is 0.0280. The minimum Gasteiger partial charge on any atom is -0.459 e. The molecule has 0 radical (unpaired) electrons. The van der Waals surface area contributed by atoms with Crippen molar-refractivity contribution in [2.75, 3.05) is 13.2 Å². The number of fused-ring (bicyclic) bond motifs is 1. The Morgan fingerprint density at radius 2 is 2.04 bits per heavy atom. The smallest absolute Gasteiger partial charge is 0.336 e. The number of ether oxygens (including phenoxy) is 1. The fourth-order valence-electron chi connectivity index (χ4n) is 5.56. The zero-order valence-corrected chi connectivity index (χ0v) is 15.2. The molecular formula is C20H30O5. The summed E-state index contributed by atoms with van der Waals surface area (Å²) in [6.45, 7) is 8.50. The largest absolute Gasteiger partial charge is 0.459 e. The maximum atomic E-state index is 11.8. The first-order valence-corrected chi connectivity index (χ1v) is 9.26. The van der Waals surface area contributed by atoms with Gasteiger partial charge in [-0.25, -0.2) is 4.79 Å². The molecule has 0 spiro atoms. The highest BCUT2D eigenvalue weighted by molar-refractivity contribution is 5.91. The standard InChI is InChI=1S/C20H30O5/c1-12-4-7-16-19(2,9-8-17(23)20(16,3)11-21)14(12)6-5-13-15(22)10-25-18(13)24/h5,14-17,21-23H,1,4,6-11H2,2-3H3/b13-5+/t14-,15-,16-,17+,19+,20-/m1/s1. The lowest BCUT2D eigenvalue weighted by atomic mass is 9.46. The number of aliphatic hydroxyl groups excluding tert-OH is 3. The van der Waals surface area contributed by atoms with Gasteiger partial charge in [0.15, 0.2) is 0 Å². The molecule has 140 valence electrons.